The van der Waals surface area contributed by atoms with Crippen LogP contribution in [0.2, 0.25) is 0 Å². The summed E-state index contributed by atoms with van der Waals surface area (Å²) in [5, 5.41) is 21.4. The summed E-state index contributed by atoms with van der Waals surface area (Å²) < 4.78 is 75.3. The maximum atomic E-state index is 13.9. The number of carbonyl (C=O) groups excluding carboxylic acids is 4. The Kier molecular flexibility index (Phi) is 20.0. The maximum absolute atomic E-state index is 13.9. The number of carboxylic acids is 1. The van der Waals surface area contributed by atoms with Crippen LogP contribution in [0.4, 0.5) is 16.4 Å². The van der Waals surface area contributed by atoms with Crippen LogP contribution in [0.25, 0.3) is 0 Å². The molecule has 3 amide bonds. The molecule has 1 aliphatic rings. The molecule has 1 aliphatic heterocycles. The second kappa shape index (κ2) is 26.6. The Morgan fingerprint density at radius 1 is 0.817 bits per heavy atom. The Morgan fingerprint density at radius 2 is 1.41 bits per heavy atom. The van der Waals surface area contributed by atoms with Gasteiger partial charge in [0.1, 0.15) is 29.0 Å². The minimum Gasteiger partial charge on any atom is -0.494 e. The van der Waals surface area contributed by atoms with Crippen LogP contribution in [0.1, 0.15) is 96.6 Å². The number of carboxylic acid groups (broad SMARTS) is 1. The third-order valence-electron chi connectivity index (χ3n) is 13.7. The summed E-state index contributed by atoms with van der Waals surface area (Å²) >= 11 is 0. The Labute approximate surface area is 478 Å². The number of rotatable bonds is 26. The summed E-state index contributed by atoms with van der Waals surface area (Å²) in [6.07, 6.45) is 3.35. The molecule has 5 aromatic carbocycles. The summed E-state index contributed by atoms with van der Waals surface area (Å²) in [7, 11) is -7.26. The van der Waals surface area contributed by atoms with Gasteiger partial charge in [-0.3, -0.25) is 28.3 Å². The minimum atomic E-state index is -4.51. The molecule has 0 fully saturated rings. The van der Waals surface area contributed by atoms with Crippen LogP contribution >= 0.6 is 0 Å². The van der Waals surface area contributed by atoms with Crippen molar-refractivity contribution >= 4 is 61.4 Å². The molecule has 0 radical (unpaired) electrons. The van der Waals surface area contributed by atoms with Crippen LogP contribution in [-0.4, -0.2) is 122 Å². The van der Waals surface area contributed by atoms with E-state index in [1.165, 1.54) is 26.0 Å². The molecule has 0 aliphatic carbocycles. The van der Waals surface area contributed by atoms with Crippen LogP contribution in [0.3, 0.4) is 0 Å². The Balaban J connectivity index is 0.932. The van der Waals surface area contributed by atoms with Crippen LogP contribution in [-0.2, 0) is 51.3 Å². The number of sulfonamides is 1. The standard InChI is InChI=1S/C59H70N8O13S2/c1-39-32-46(79-31-17-25-52(69)60-28-16-24-45(38-81(74,75)76)64-57(73)80-58(3,4)5)33-40(2)53(39)82(77,78)65-48(55(71)72)37-62-54(70)50-35-51(68)47-27-26-41(34-49(47)66(50)6)36-63-56-61-29-30-67(56)59(42-18-10-7-11-19-42,43-20-12-8-13-21-43)44-22-14-9-15-23-44/h7-15,18-23,26-27,29-30,32-34,45,48,50,65H,16-17,24-25,28,31,35-38H2,1-6H3,(H,60,69)(H,61,63)(H,62,70)(H,64,73)(H,71,72)(H,74,75,76)/t45-,48+,50?/m1/s1. The van der Waals surface area contributed by atoms with Gasteiger partial charge in [-0.1, -0.05) is 97.1 Å². The van der Waals surface area contributed by atoms with Crippen molar-refractivity contribution in [1.82, 2.24) is 30.2 Å². The first-order valence-corrected chi connectivity index (χ1v) is 29.8. The SMILES string of the molecule is Cc1cc(OCCCC(=O)NCCC[C@H](CS(=O)(=O)O)NC(=O)OC(C)(C)C)cc(C)c1S(=O)(=O)N[C@@H](CNC(=O)C1CC(=O)c2ccc(CNc3nccn3C(c3ccccc3)(c3ccccc3)c3ccccc3)cc2N1C)C(=O)O. The number of alkyl carbamates (subject to hydrolysis) is 1. The van der Waals surface area contributed by atoms with Crippen molar-refractivity contribution in [3.05, 3.63) is 173 Å². The molecular formula is C59H70N8O13S2. The number of fused-ring (bicyclic) bond motifs is 1. The third-order valence-corrected chi connectivity index (χ3v) is 16.3. The lowest BCUT2D eigenvalue weighted by Crippen LogP contribution is -2.54. The van der Waals surface area contributed by atoms with Crippen molar-refractivity contribution in [2.24, 2.45) is 0 Å². The molecule has 21 nitrogen and oxygen atoms in total. The Morgan fingerprint density at radius 3 is 1.98 bits per heavy atom. The highest BCUT2D eigenvalue weighted by atomic mass is 32.2. The van der Waals surface area contributed by atoms with E-state index in [1.54, 1.807) is 45.0 Å². The van der Waals surface area contributed by atoms with Crippen molar-refractivity contribution < 1.29 is 59.9 Å². The van der Waals surface area contributed by atoms with Gasteiger partial charge in [-0.25, -0.2) is 18.2 Å². The fraction of sp³-hybridized carbons (Fsp3) is 0.356. The van der Waals surface area contributed by atoms with Gasteiger partial charge in [0.2, 0.25) is 27.8 Å². The molecule has 82 heavy (non-hydrogen) atoms. The molecule has 436 valence electrons. The van der Waals surface area contributed by atoms with Gasteiger partial charge in [-0.2, -0.15) is 13.1 Å². The highest BCUT2D eigenvalue weighted by molar-refractivity contribution is 7.89. The number of imidazole rings is 1. The summed E-state index contributed by atoms with van der Waals surface area (Å²) in [6, 6.07) is 35.0. The predicted octanol–water partition coefficient (Wildman–Crippen LogP) is 6.73. The van der Waals surface area contributed by atoms with Crippen LogP contribution in [0.5, 0.6) is 5.75 Å². The lowest BCUT2D eigenvalue weighted by Gasteiger charge is -2.38. The zero-order valence-electron chi connectivity index (χ0n) is 46.5. The second-order valence-corrected chi connectivity index (χ2v) is 24.2. The summed E-state index contributed by atoms with van der Waals surface area (Å²) in [5.74, 6) is -2.71. The molecule has 6 aromatic rings. The van der Waals surface area contributed by atoms with Crippen molar-refractivity contribution in [2.45, 2.75) is 107 Å². The molecule has 1 aromatic heterocycles. The summed E-state index contributed by atoms with van der Waals surface area (Å²) in [4.78, 5) is 71.0. The van der Waals surface area contributed by atoms with E-state index >= 15 is 0 Å². The number of aliphatic carboxylic acids is 1. The average Bonchev–Trinajstić information content (AvgIpc) is 2.37. The fourth-order valence-electron chi connectivity index (χ4n) is 10.1. The van der Waals surface area contributed by atoms with Gasteiger partial charge in [0.05, 0.1) is 17.3 Å². The van der Waals surface area contributed by atoms with Crippen molar-refractivity contribution in [1.29, 1.82) is 0 Å². The summed E-state index contributed by atoms with van der Waals surface area (Å²) in [6.45, 7) is 7.84. The molecule has 23 heteroatoms. The molecule has 0 saturated carbocycles. The number of hydrogen-bond donors (Lipinski definition) is 7. The van der Waals surface area contributed by atoms with E-state index in [4.69, 9.17) is 14.5 Å². The molecule has 1 unspecified atom stereocenters. The van der Waals surface area contributed by atoms with Gasteiger partial charge >= 0.3 is 12.1 Å². The molecule has 7 rings (SSSR count). The lowest BCUT2D eigenvalue weighted by atomic mass is 9.76. The highest BCUT2D eigenvalue weighted by Gasteiger charge is 2.40. The summed E-state index contributed by atoms with van der Waals surface area (Å²) in [5.41, 5.74) is 3.53. The number of aromatic nitrogens is 2. The van der Waals surface area contributed by atoms with Crippen molar-refractivity contribution in [2.75, 3.05) is 42.7 Å². The van der Waals surface area contributed by atoms with E-state index in [-0.39, 0.29) is 79.5 Å². The van der Waals surface area contributed by atoms with Crippen molar-refractivity contribution in [3.8, 4) is 5.75 Å². The first kappa shape index (κ1) is 61.5. The number of ether oxygens (including phenoxy) is 2. The molecule has 0 saturated heterocycles. The monoisotopic (exact) mass is 1160 g/mol. The number of hydrogen-bond acceptors (Lipinski definition) is 14. The normalized spacial score (nSPS) is 14.5. The van der Waals surface area contributed by atoms with E-state index in [0.717, 1.165) is 22.3 Å². The largest absolute Gasteiger partial charge is 0.494 e. The number of ketones is 1. The molecular weight excluding hydrogens is 1090 g/mol. The number of Topliss-reactive ketones (excluding diaryl/α,β-unsaturated/α-hetero) is 1. The quantitative estimate of drug-likeness (QED) is 0.0168. The van der Waals surface area contributed by atoms with Gasteiger partial charge in [-0.05, 0) is 112 Å². The van der Waals surface area contributed by atoms with Gasteiger partial charge in [0.25, 0.3) is 10.1 Å². The van der Waals surface area contributed by atoms with Crippen molar-refractivity contribution in [3.63, 3.8) is 0 Å². The van der Waals surface area contributed by atoms with E-state index in [9.17, 15) is 50.5 Å². The van der Waals surface area contributed by atoms with Gasteiger partial charge in [-0.15, -0.1) is 0 Å². The van der Waals surface area contributed by atoms with Gasteiger partial charge in [0.15, 0.2) is 5.78 Å². The predicted molar refractivity (Wildman–Crippen MR) is 309 cm³/mol. The van der Waals surface area contributed by atoms with Gasteiger partial charge in [0, 0.05) is 69.2 Å². The van der Waals surface area contributed by atoms with Gasteiger partial charge < -0.3 is 40.7 Å². The van der Waals surface area contributed by atoms with Crippen LogP contribution < -0.4 is 35.6 Å². The van der Waals surface area contributed by atoms with E-state index < -0.39 is 79.7 Å². The third kappa shape index (κ3) is 15.7. The number of nitrogens with one attached hydrogen (secondary N) is 5. The van der Waals surface area contributed by atoms with E-state index in [1.807, 2.05) is 72.9 Å². The van der Waals surface area contributed by atoms with Crippen LogP contribution in [0.15, 0.2) is 139 Å². The zero-order valence-corrected chi connectivity index (χ0v) is 48.2. The maximum Gasteiger partial charge on any atom is 0.407 e. The number of likely N-dealkylation sites (N-methyl/N-ethyl adjacent to an activating group) is 1. The number of carbonyl (C=O) groups is 5. The Bertz CT molecular complexity index is 3350. The first-order chi connectivity index (χ1) is 38.9. The number of amides is 3. The van der Waals surface area contributed by atoms with E-state index in [2.05, 4.69) is 67.0 Å². The topological polar surface area (TPSA) is 294 Å². The number of nitrogens with zero attached hydrogens (tertiary/aromatic N) is 3. The van der Waals surface area contributed by atoms with E-state index in [0.29, 0.717) is 22.9 Å². The molecule has 7 N–H and O–H groups in total. The number of benzene rings is 5. The molecule has 3 atom stereocenters. The average molecular weight is 1160 g/mol. The second-order valence-electron chi connectivity index (χ2n) is 21.1. The number of anilines is 2. The highest BCUT2D eigenvalue weighted by Crippen LogP contribution is 2.42. The Hall–Kier alpha value is -8.12. The smallest absolute Gasteiger partial charge is 0.407 e. The van der Waals surface area contributed by atoms with Crippen LogP contribution in [0, 0.1) is 13.8 Å². The fourth-order valence-corrected chi connectivity index (χ4v) is 12.5. The zero-order chi connectivity index (χ0) is 59.4. The lowest BCUT2D eigenvalue weighted by molar-refractivity contribution is -0.139. The first-order valence-electron chi connectivity index (χ1n) is 26.7. The molecule has 0 spiro atoms. The minimum absolute atomic E-state index is 0.0581. The molecule has 2 heterocycles. The number of aryl methyl sites for hydroxylation is 2. The molecule has 0 bridgehead atoms.